The Bertz CT molecular complexity index is 1620. The summed E-state index contributed by atoms with van der Waals surface area (Å²) in [5.74, 6) is -0.850. The van der Waals surface area contributed by atoms with Gasteiger partial charge in [0.25, 0.3) is 0 Å². The van der Waals surface area contributed by atoms with Crippen molar-refractivity contribution >= 4 is 20.2 Å². The van der Waals surface area contributed by atoms with Gasteiger partial charge in [-0.1, -0.05) is 12.1 Å². The van der Waals surface area contributed by atoms with Crippen LogP contribution in [0.4, 0.5) is 26.3 Å². The zero-order valence-corrected chi connectivity index (χ0v) is 21.8. The maximum Gasteiger partial charge on any atom is 0.416 e. The molecule has 4 aromatic carbocycles. The summed E-state index contributed by atoms with van der Waals surface area (Å²) >= 11 is 0. The monoisotopic (exact) mass is 618 g/mol. The van der Waals surface area contributed by atoms with E-state index >= 15 is 0 Å². The van der Waals surface area contributed by atoms with Gasteiger partial charge in [-0.2, -0.15) is 43.2 Å². The zero-order chi connectivity index (χ0) is 30.1. The second kappa shape index (κ2) is 11.0. The van der Waals surface area contributed by atoms with E-state index in [0.29, 0.717) is 12.1 Å². The molecule has 0 saturated heterocycles. The first-order valence-electron chi connectivity index (χ1n) is 11.1. The summed E-state index contributed by atoms with van der Waals surface area (Å²) in [6.45, 7) is 0. The first-order chi connectivity index (χ1) is 19.0. The molecule has 0 unspecified atom stereocenters. The van der Waals surface area contributed by atoms with E-state index in [9.17, 15) is 43.2 Å². The standard InChI is InChI=1S/C26H16F6O7S2/c27-25(28,29)17-3-1-5-21(15-17)38-40(33,34)23-11-7-19(8-12-23)37-20-9-13-24(14-10-20)41(35,36)39-22-6-2-4-18(16-22)26(30,31)32/h1-16H. The fraction of sp³-hybridized carbons (Fsp3) is 0.0769. The Kier molecular flexibility index (Phi) is 7.96. The maximum absolute atomic E-state index is 12.9. The van der Waals surface area contributed by atoms with Crippen molar-refractivity contribution < 1.29 is 56.3 Å². The van der Waals surface area contributed by atoms with Crippen molar-refractivity contribution in [3.05, 3.63) is 108 Å². The highest BCUT2D eigenvalue weighted by Crippen LogP contribution is 2.34. The molecule has 15 heteroatoms. The Labute approximate surface area is 229 Å². The molecule has 41 heavy (non-hydrogen) atoms. The largest absolute Gasteiger partial charge is 0.457 e. The van der Waals surface area contributed by atoms with Crippen LogP contribution >= 0.6 is 0 Å². The van der Waals surface area contributed by atoms with Crippen molar-refractivity contribution in [3.8, 4) is 23.0 Å². The van der Waals surface area contributed by atoms with Crippen LogP contribution in [0.15, 0.2) is 107 Å². The maximum atomic E-state index is 12.9. The number of rotatable bonds is 8. The highest BCUT2D eigenvalue weighted by molar-refractivity contribution is 7.87. The van der Waals surface area contributed by atoms with Gasteiger partial charge in [-0.05, 0) is 84.9 Å². The van der Waals surface area contributed by atoms with Crippen LogP contribution in [-0.4, -0.2) is 16.8 Å². The molecule has 0 aromatic heterocycles. The second-order valence-electron chi connectivity index (χ2n) is 8.17. The van der Waals surface area contributed by atoms with Crippen LogP contribution in [0.5, 0.6) is 23.0 Å². The lowest BCUT2D eigenvalue weighted by atomic mass is 10.2. The zero-order valence-electron chi connectivity index (χ0n) is 20.2. The molecule has 0 spiro atoms. The predicted molar refractivity (Wildman–Crippen MR) is 131 cm³/mol. The highest BCUT2D eigenvalue weighted by atomic mass is 32.2. The van der Waals surface area contributed by atoms with Crippen molar-refractivity contribution in [2.24, 2.45) is 0 Å². The van der Waals surface area contributed by atoms with Crippen molar-refractivity contribution in [3.63, 3.8) is 0 Å². The van der Waals surface area contributed by atoms with Crippen molar-refractivity contribution in [1.82, 2.24) is 0 Å². The third-order valence-corrected chi connectivity index (χ3v) is 7.72. The lowest BCUT2D eigenvalue weighted by Gasteiger charge is -2.12. The van der Waals surface area contributed by atoms with Gasteiger partial charge in [-0.15, -0.1) is 0 Å². The molecule has 0 atom stereocenters. The number of hydrogen-bond acceptors (Lipinski definition) is 7. The summed E-state index contributed by atoms with van der Waals surface area (Å²) in [6, 6.07) is 16.0. The normalized spacial score (nSPS) is 12.5. The minimum absolute atomic E-state index is 0.110. The van der Waals surface area contributed by atoms with E-state index in [1.807, 2.05) is 0 Å². The van der Waals surface area contributed by atoms with E-state index < -0.39 is 55.2 Å². The van der Waals surface area contributed by atoms with Gasteiger partial charge in [0.2, 0.25) is 0 Å². The molecular weight excluding hydrogens is 602 g/mol. The Morgan fingerprint density at radius 3 is 1.12 bits per heavy atom. The Balaban J connectivity index is 1.43. The van der Waals surface area contributed by atoms with E-state index in [-0.39, 0.29) is 21.3 Å². The molecule has 0 heterocycles. The van der Waals surface area contributed by atoms with Gasteiger partial charge in [-0.25, -0.2) is 0 Å². The van der Waals surface area contributed by atoms with Crippen LogP contribution < -0.4 is 13.1 Å². The van der Waals surface area contributed by atoms with Crippen LogP contribution in [-0.2, 0) is 32.6 Å². The summed E-state index contributed by atoms with van der Waals surface area (Å²) in [6.07, 6.45) is -9.39. The molecular formula is C26H16F6O7S2. The van der Waals surface area contributed by atoms with E-state index in [1.165, 1.54) is 24.3 Å². The van der Waals surface area contributed by atoms with Crippen LogP contribution in [0, 0.1) is 0 Å². The molecule has 0 N–H and O–H groups in total. The second-order valence-corrected chi connectivity index (χ2v) is 11.3. The van der Waals surface area contributed by atoms with Gasteiger partial charge in [0, 0.05) is 0 Å². The average Bonchev–Trinajstić information content (AvgIpc) is 2.88. The molecule has 7 nitrogen and oxygen atoms in total. The first kappa shape index (κ1) is 29.7. The first-order valence-corrected chi connectivity index (χ1v) is 14.0. The van der Waals surface area contributed by atoms with E-state index in [4.69, 9.17) is 13.1 Å². The van der Waals surface area contributed by atoms with Crippen molar-refractivity contribution in [2.45, 2.75) is 22.1 Å². The fourth-order valence-electron chi connectivity index (χ4n) is 3.28. The quantitative estimate of drug-likeness (QED) is 0.154. The Hall–Kier alpha value is -4.24. The van der Waals surface area contributed by atoms with E-state index in [2.05, 4.69) is 0 Å². The van der Waals surface area contributed by atoms with E-state index in [0.717, 1.165) is 60.7 Å². The molecule has 0 radical (unpaired) electrons. The molecule has 0 saturated carbocycles. The Morgan fingerprint density at radius 1 is 0.463 bits per heavy atom. The average molecular weight is 619 g/mol. The van der Waals surface area contributed by atoms with Gasteiger partial charge < -0.3 is 13.1 Å². The summed E-state index contributed by atoms with van der Waals surface area (Å²) in [7, 11) is -8.98. The minimum Gasteiger partial charge on any atom is -0.457 e. The summed E-state index contributed by atoms with van der Waals surface area (Å²) in [4.78, 5) is -0.758. The lowest BCUT2D eigenvalue weighted by molar-refractivity contribution is -0.138. The summed E-state index contributed by atoms with van der Waals surface area (Å²) < 4.78 is 142. The van der Waals surface area contributed by atoms with Crippen molar-refractivity contribution in [1.29, 1.82) is 0 Å². The smallest absolute Gasteiger partial charge is 0.416 e. The van der Waals surface area contributed by atoms with Crippen LogP contribution in [0.3, 0.4) is 0 Å². The topological polar surface area (TPSA) is 96.0 Å². The lowest BCUT2D eigenvalue weighted by Crippen LogP contribution is -2.11. The number of alkyl halides is 6. The predicted octanol–water partition coefficient (Wildman–Crippen LogP) is 7.05. The van der Waals surface area contributed by atoms with Gasteiger partial charge in [0.15, 0.2) is 0 Å². The molecule has 216 valence electrons. The van der Waals surface area contributed by atoms with Gasteiger partial charge in [-0.3, -0.25) is 0 Å². The van der Waals surface area contributed by atoms with Gasteiger partial charge in [0.05, 0.1) is 11.1 Å². The van der Waals surface area contributed by atoms with Crippen LogP contribution in [0.25, 0.3) is 0 Å². The Morgan fingerprint density at radius 2 is 0.805 bits per heavy atom. The summed E-state index contributed by atoms with van der Waals surface area (Å²) in [5.41, 5.74) is -2.18. The third-order valence-electron chi connectivity index (χ3n) is 5.20. The molecule has 0 aliphatic heterocycles. The molecule has 0 aliphatic rings. The van der Waals surface area contributed by atoms with Crippen LogP contribution in [0.1, 0.15) is 11.1 Å². The fourth-order valence-corrected chi connectivity index (χ4v) is 5.13. The van der Waals surface area contributed by atoms with Gasteiger partial charge in [0.1, 0.15) is 32.8 Å². The van der Waals surface area contributed by atoms with E-state index in [1.54, 1.807) is 0 Å². The minimum atomic E-state index is -4.69. The molecule has 4 rings (SSSR count). The number of hydrogen-bond donors (Lipinski definition) is 0. The molecule has 0 fully saturated rings. The number of ether oxygens (including phenoxy) is 1. The van der Waals surface area contributed by atoms with Crippen LogP contribution in [0.2, 0.25) is 0 Å². The van der Waals surface area contributed by atoms with Gasteiger partial charge >= 0.3 is 32.6 Å². The molecule has 0 bridgehead atoms. The third kappa shape index (κ3) is 7.49. The molecule has 0 aliphatic carbocycles. The molecule has 0 amide bonds. The summed E-state index contributed by atoms with van der Waals surface area (Å²) in [5, 5.41) is 0. The SMILES string of the molecule is O=S(=O)(Oc1cccc(C(F)(F)F)c1)c1ccc(Oc2ccc(S(=O)(=O)Oc3cccc(C(F)(F)F)c3)cc2)cc1. The highest BCUT2D eigenvalue weighted by Gasteiger charge is 2.32. The number of benzene rings is 4. The van der Waals surface area contributed by atoms with Crippen molar-refractivity contribution in [2.75, 3.05) is 0 Å². The number of halogens is 6. The molecule has 4 aromatic rings.